The zero-order chi connectivity index (χ0) is 18.8. The molecule has 1 aliphatic heterocycles. The Balaban J connectivity index is 1.58. The van der Waals surface area contributed by atoms with Crippen molar-refractivity contribution in [3.63, 3.8) is 0 Å². The summed E-state index contributed by atoms with van der Waals surface area (Å²) < 4.78 is 5.35. The van der Waals surface area contributed by atoms with E-state index in [9.17, 15) is 14.4 Å². The van der Waals surface area contributed by atoms with Crippen molar-refractivity contribution in [1.82, 2.24) is 4.90 Å². The third-order valence-corrected chi connectivity index (χ3v) is 4.65. The van der Waals surface area contributed by atoms with Gasteiger partial charge < -0.3 is 14.4 Å². The molecule has 0 bridgehead atoms. The first kappa shape index (κ1) is 20.1. The van der Waals surface area contributed by atoms with E-state index >= 15 is 0 Å². The number of ether oxygens (including phenoxy) is 1. The summed E-state index contributed by atoms with van der Waals surface area (Å²) in [5.41, 5.74) is 1.11. The molecule has 0 aliphatic carbocycles. The van der Waals surface area contributed by atoms with E-state index in [0.29, 0.717) is 39.0 Å². The Morgan fingerprint density at radius 1 is 1.08 bits per heavy atom. The van der Waals surface area contributed by atoms with Crippen LogP contribution in [0.15, 0.2) is 30.3 Å². The highest BCUT2D eigenvalue weighted by Crippen LogP contribution is 2.20. The van der Waals surface area contributed by atoms with E-state index in [4.69, 9.17) is 4.74 Å². The van der Waals surface area contributed by atoms with Gasteiger partial charge in [-0.2, -0.15) is 0 Å². The second kappa shape index (κ2) is 10.7. The molecule has 2 rings (SSSR count). The minimum atomic E-state index is -0.189. The highest BCUT2D eigenvalue weighted by Gasteiger charge is 2.30. The molecule has 1 fully saturated rings. The highest BCUT2D eigenvalue weighted by atomic mass is 16.5. The number of carbonyl (C=O) groups excluding carboxylic acids is 3. The smallest absolute Gasteiger partial charge is 0.305 e. The molecule has 0 saturated carbocycles. The predicted molar refractivity (Wildman–Crippen MR) is 99.3 cm³/mol. The number of ketones is 1. The summed E-state index contributed by atoms with van der Waals surface area (Å²) in [6.07, 6.45) is 5.08. The van der Waals surface area contributed by atoms with Gasteiger partial charge in [-0.05, 0) is 25.3 Å². The van der Waals surface area contributed by atoms with Crippen molar-refractivity contribution >= 4 is 17.7 Å². The zero-order valence-corrected chi connectivity index (χ0v) is 15.6. The molecule has 0 spiro atoms. The van der Waals surface area contributed by atoms with Gasteiger partial charge in [0, 0.05) is 38.3 Å². The molecule has 0 unspecified atom stereocenters. The van der Waals surface area contributed by atoms with E-state index in [0.717, 1.165) is 31.2 Å². The highest BCUT2D eigenvalue weighted by molar-refractivity contribution is 5.78. The monoisotopic (exact) mass is 359 g/mol. The molecule has 1 amide bonds. The minimum Gasteiger partial charge on any atom is -0.465 e. The summed E-state index contributed by atoms with van der Waals surface area (Å²) >= 11 is 0. The van der Waals surface area contributed by atoms with Crippen molar-refractivity contribution < 1.29 is 19.1 Å². The van der Waals surface area contributed by atoms with E-state index in [-0.39, 0.29) is 23.6 Å². The van der Waals surface area contributed by atoms with Crippen LogP contribution in [0.3, 0.4) is 0 Å². The largest absolute Gasteiger partial charge is 0.465 e. The molecule has 5 heteroatoms. The summed E-state index contributed by atoms with van der Waals surface area (Å²) in [5, 5.41) is 0. The van der Waals surface area contributed by atoms with Crippen LogP contribution in [0, 0.1) is 5.92 Å². The van der Waals surface area contributed by atoms with Crippen LogP contribution < -0.4 is 0 Å². The number of Topliss-reactive ketones (excluding diaryl/α,β-unsaturated/α-hetero) is 1. The van der Waals surface area contributed by atoms with Crippen molar-refractivity contribution in [2.45, 2.75) is 58.4 Å². The van der Waals surface area contributed by atoms with E-state index in [1.54, 1.807) is 6.92 Å². The molecule has 0 aromatic heterocycles. The number of amides is 1. The molecule has 1 atom stereocenters. The van der Waals surface area contributed by atoms with Gasteiger partial charge in [0.05, 0.1) is 6.61 Å². The SMILES string of the molecule is CC(=O)CCCCCCC(=O)OC[C@H]1CC(=O)N(Cc2ccccc2)C1. The van der Waals surface area contributed by atoms with Crippen molar-refractivity contribution in [3.05, 3.63) is 35.9 Å². The van der Waals surface area contributed by atoms with Gasteiger partial charge in [0.15, 0.2) is 0 Å². The first-order chi connectivity index (χ1) is 12.5. The summed E-state index contributed by atoms with van der Waals surface area (Å²) in [6.45, 7) is 3.18. The van der Waals surface area contributed by atoms with Crippen LogP contribution >= 0.6 is 0 Å². The number of hydrogen-bond donors (Lipinski definition) is 0. The minimum absolute atomic E-state index is 0.0886. The number of hydrogen-bond acceptors (Lipinski definition) is 4. The van der Waals surface area contributed by atoms with Crippen LogP contribution in [-0.4, -0.2) is 35.7 Å². The van der Waals surface area contributed by atoms with Crippen LogP contribution in [0.4, 0.5) is 0 Å². The van der Waals surface area contributed by atoms with Crippen molar-refractivity contribution in [3.8, 4) is 0 Å². The fourth-order valence-corrected chi connectivity index (χ4v) is 3.20. The molecule has 1 aromatic rings. The maximum Gasteiger partial charge on any atom is 0.305 e. The number of likely N-dealkylation sites (tertiary alicyclic amines) is 1. The van der Waals surface area contributed by atoms with Crippen LogP contribution in [0.1, 0.15) is 57.4 Å². The van der Waals surface area contributed by atoms with Crippen LogP contribution in [0.25, 0.3) is 0 Å². The average Bonchev–Trinajstić information content (AvgIpc) is 2.96. The second-order valence-electron chi connectivity index (χ2n) is 7.13. The lowest BCUT2D eigenvalue weighted by Crippen LogP contribution is -2.25. The maximum absolute atomic E-state index is 12.1. The van der Waals surface area contributed by atoms with Gasteiger partial charge in [-0.15, -0.1) is 0 Å². The Labute approximate surface area is 155 Å². The first-order valence-electron chi connectivity index (χ1n) is 9.51. The molecule has 1 saturated heterocycles. The van der Waals surface area contributed by atoms with Crippen molar-refractivity contribution in [2.24, 2.45) is 5.92 Å². The Bertz CT molecular complexity index is 599. The van der Waals surface area contributed by atoms with Crippen molar-refractivity contribution in [2.75, 3.05) is 13.2 Å². The zero-order valence-electron chi connectivity index (χ0n) is 15.6. The van der Waals surface area contributed by atoms with E-state index in [2.05, 4.69) is 0 Å². The number of nitrogens with zero attached hydrogens (tertiary/aromatic N) is 1. The van der Waals surface area contributed by atoms with Crippen molar-refractivity contribution in [1.29, 1.82) is 0 Å². The Kier molecular flexibility index (Phi) is 8.32. The topological polar surface area (TPSA) is 63.7 Å². The normalized spacial score (nSPS) is 16.7. The molecule has 142 valence electrons. The van der Waals surface area contributed by atoms with E-state index < -0.39 is 0 Å². The first-order valence-corrected chi connectivity index (χ1v) is 9.51. The summed E-state index contributed by atoms with van der Waals surface area (Å²) in [7, 11) is 0. The fourth-order valence-electron chi connectivity index (χ4n) is 3.20. The van der Waals surface area contributed by atoms with Crippen LogP contribution in [0.2, 0.25) is 0 Å². The number of benzene rings is 1. The summed E-state index contributed by atoms with van der Waals surface area (Å²) in [5.74, 6) is 0.244. The third-order valence-electron chi connectivity index (χ3n) is 4.65. The lowest BCUT2D eigenvalue weighted by Gasteiger charge is -2.16. The molecule has 1 aliphatic rings. The number of unbranched alkanes of at least 4 members (excludes halogenated alkanes) is 3. The molecule has 1 aromatic carbocycles. The van der Waals surface area contributed by atoms with Crippen LogP contribution in [0.5, 0.6) is 0 Å². The van der Waals surface area contributed by atoms with Crippen LogP contribution in [-0.2, 0) is 25.7 Å². The Morgan fingerprint density at radius 2 is 1.77 bits per heavy atom. The molecule has 5 nitrogen and oxygen atoms in total. The lowest BCUT2D eigenvalue weighted by atomic mass is 10.1. The van der Waals surface area contributed by atoms with E-state index in [1.165, 1.54) is 0 Å². The molecule has 0 N–H and O–H groups in total. The summed E-state index contributed by atoms with van der Waals surface area (Å²) in [6, 6.07) is 9.92. The van der Waals surface area contributed by atoms with Gasteiger partial charge in [-0.3, -0.25) is 9.59 Å². The third kappa shape index (κ3) is 7.38. The van der Waals surface area contributed by atoms with Gasteiger partial charge >= 0.3 is 5.97 Å². The van der Waals surface area contributed by atoms with Gasteiger partial charge in [0.25, 0.3) is 0 Å². The Morgan fingerprint density at radius 3 is 2.46 bits per heavy atom. The number of rotatable bonds is 11. The second-order valence-corrected chi connectivity index (χ2v) is 7.13. The van der Waals surface area contributed by atoms with Gasteiger partial charge in [0.1, 0.15) is 5.78 Å². The average molecular weight is 359 g/mol. The predicted octanol–water partition coefficient (Wildman–Crippen LogP) is 3.51. The lowest BCUT2D eigenvalue weighted by molar-refractivity contribution is -0.145. The van der Waals surface area contributed by atoms with E-state index in [1.807, 2.05) is 35.2 Å². The maximum atomic E-state index is 12.1. The Hall–Kier alpha value is -2.17. The van der Waals surface area contributed by atoms with Gasteiger partial charge in [-0.25, -0.2) is 0 Å². The standard InChI is InChI=1S/C21H29NO4/c1-17(23)9-5-2-3-8-12-21(25)26-16-19-13-20(24)22(15-19)14-18-10-6-4-7-11-18/h4,6-7,10-11,19H,2-3,5,8-9,12-16H2,1H3/t19-/m0/s1. The fraction of sp³-hybridized carbons (Fsp3) is 0.571. The quantitative estimate of drug-likeness (QED) is 0.448. The number of carbonyl (C=O) groups is 3. The summed E-state index contributed by atoms with van der Waals surface area (Å²) in [4.78, 5) is 36.6. The molecule has 1 heterocycles. The molecule has 26 heavy (non-hydrogen) atoms. The molecule has 0 radical (unpaired) electrons. The number of esters is 1. The van der Waals surface area contributed by atoms with Gasteiger partial charge in [0.2, 0.25) is 5.91 Å². The molecular weight excluding hydrogens is 330 g/mol. The van der Waals surface area contributed by atoms with Gasteiger partial charge in [-0.1, -0.05) is 43.2 Å². The molecular formula is C21H29NO4.